The van der Waals surface area contributed by atoms with Crippen LogP contribution in [0.25, 0.3) is 0 Å². The second-order valence-electron chi connectivity index (χ2n) is 10.2. The molecule has 10 nitrogen and oxygen atoms in total. The van der Waals surface area contributed by atoms with Gasteiger partial charge in [-0.1, -0.05) is 24.3 Å². The first-order valence-corrected chi connectivity index (χ1v) is 15.0. The molecule has 0 radical (unpaired) electrons. The van der Waals surface area contributed by atoms with Crippen molar-refractivity contribution in [3.8, 4) is 11.5 Å². The van der Waals surface area contributed by atoms with E-state index in [1.165, 1.54) is 30.3 Å². The number of carbonyl (C=O) groups is 2. The van der Waals surface area contributed by atoms with Gasteiger partial charge in [-0.25, -0.2) is 12.8 Å². The lowest BCUT2D eigenvalue weighted by atomic mass is 9.94. The maximum atomic E-state index is 14.1. The highest BCUT2D eigenvalue weighted by molar-refractivity contribution is 7.92. The van der Waals surface area contributed by atoms with Crippen molar-refractivity contribution in [3.63, 3.8) is 0 Å². The highest BCUT2D eigenvalue weighted by atomic mass is 32.2. The van der Waals surface area contributed by atoms with Crippen LogP contribution in [0, 0.1) is 5.82 Å². The van der Waals surface area contributed by atoms with Crippen LogP contribution in [0.5, 0.6) is 11.5 Å². The van der Waals surface area contributed by atoms with Crippen molar-refractivity contribution in [2.24, 2.45) is 0 Å². The number of hydrogen-bond acceptors (Lipinski definition) is 7. The van der Waals surface area contributed by atoms with E-state index >= 15 is 0 Å². The predicted molar refractivity (Wildman–Crippen MR) is 152 cm³/mol. The first-order valence-electron chi connectivity index (χ1n) is 13.5. The molecule has 1 saturated heterocycles. The minimum absolute atomic E-state index is 0.0967. The average Bonchev–Trinajstić information content (AvgIpc) is 2.98. The number of methoxy groups -OCH3 is 1. The van der Waals surface area contributed by atoms with Gasteiger partial charge >= 0.3 is 0 Å². The summed E-state index contributed by atoms with van der Waals surface area (Å²) in [6, 6.07) is 16.5. The van der Waals surface area contributed by atoms with Crippen LogP contribution in [0.1, 0.15) is 35.2 Å². The third-order valence-corrected chi connectivity index (χ3v) is 8.84. The predicted octanol–water partition coefficient (Wildman–Crippen LogP) is 3.72. The maximum absolute atomic E-state index is 14.1. The van der Waals surface area contributed by atoms with E-state index in [2.05, 4.69) is 10.0 Å². The third-order valence-electron chi connectivity index (χ3n) is 7.43. The monoisotopic (exact) mass is 597 g/mol. The summed E-state index contributed by atoms with van der Waals surface area (Å²) in [5.41, 5.74) is 1.19. The summed E-state index contributed by atoms with van der Waals surface area (Å²) in [5.74, 6) is -0.418. The summed E-state index contributed by atoms with van der Waals surface area (Å²) in [6.45, 7) is 0.502. The smallest absolute Gasteiger partial charge is 0.264 e. The molecule has 3 aromatic carbocycles. The number of anilines is 1. The van der Waals surface area contributed by atoms with Crippen LogP contribution in [0.3, 0.4) is 0 Å². The fourth-order valence-electron chi connectivity index (χ4n) is 5.23. The van der Waals surface area contributed by atoms with Crippen LogP contribution < -0.4 is 19.5 Å². The molecule has 2 aliphatic heterocycles. The number of nitrogens with one attached hydrogen (secondary N) is 2. The topological polar surface area (TPSA) is 123 Å². The molecular formula is C30H32FN3O7S. The zero-order chi connectivity index (χ0) is 29.9. The first-order chi connectivity index (χ1) is 20.1. The van der Waals surface area contributed by atoms with Crippen molar-refractivity contribution < 1.29 is 36.6 Å². The summed E-state index contributed by atoms with van der Waals surface area (Å²) < 4.78 is 59.4. The number of amides is 2. The lowest BCUT2D eigenvalue weighted by Crippen LogP contribution is -2.53. The Balaban J connectivity index is 1.23. The summed E-state index contributed by atoms with van der Waals surface area (Å²) in [4.78, 5) is 27.2. The van der Waals surface area contributed by atoms with E-state index < -0.39 is 26.8 Å². The summed E-state index contributed by atoms with van der Waals surface area (Å²) in [5, 5.41) is 2.92. The largest absolute Gasteiger partial charge is 0.497 e. The third kappa shape index (κ3) is 6.50. The summed E-state index contributed by atoms with van der Waals surface area (Å²) in [6.07, 6.45) is 0.543. The van der Waals surface area contributed by atoms with Crippen LogP contribution in [0.4, 0.5) is 10.1 Å². The number of likely N-dealkylation sites (N-methyl/N-ethyl adjacent to an activating group) is 1. The molecule has 2 N–H and O–H groups in total. The minimum Gasteiger partial charge on any atom is -0.497 e. The Kier molecular flexibility index (Phi) is 8.64. The Morgan fingerprint density at radius 2 is 1.90 bits per heavy atom. The van der Waals surface area contributed by atoms with Crippen molar-refractivity contribution in [1.29, 1.82) is 0 Å². The molecule has 0 unspecified atom stereocenters. The van der Waals surface area contributed by atoms with Crippen molar-refractivity contribution >= 4 is 27.5 Å². The van der Waals surface area contributed by atoms with Crippen molar-refractivity contribution in [1.82, 2.24) is 10.2 Å². The molecule has 2 aliphatic rings. The molecule has 222 valence electrons. The molecule has 12 heteroatoms. The van der Waals surface area contributed by atoms with Gasteiger partial charge < -0.3 is 24.4 Å². The van der Waals surface area contributed by atoms with E-state index in [9.17, 15) is 22.4 Å². The van der Waals surface area contributed by atoms with Crippen LogP contribution in [0.15, 0.2) is 71.6 Å². The first kappa shape index (κ1) is 29.3. The number of halogens is 1. The fraction of sp³-hybridized carbons (Fsp3) is 0.333. The minimum atomic E-state index is -4.23. The summed E-state index contributed by atoms with van der Waals surface area (Å²) >= 11 is 0. The van der Waals surface area contributed by atoms with Crippen LogP contribution in [-0.4, -0.2) is 64.1 Å². The maximum Gasteiger partial charge on any atom is 0.264 e. The van der Waals surface area contributed by atoms with Gasteiger partial charge in [0.05, 0.1) is 31.2 Å². The fourth-order valence-corrected chi connectivity index (χ4v) is 6.36. The zero-order valence-corrected chi connectivity index (χ0v) is 24.0. The van der Waals surface area contributed by atoms with E-state index in [4.69, 9.17) is 14.2 Å². The molecule has 0 saturated carbocycles. The summed E-state index contributed by atoms with van der Waals surface area (Å²) in [7, 11) is -0.974. The Morgan fingerprint density at radius 1 is 1.10 bits per heavy atom. The highest BCUT2D eigenvalue weighted by Gasteiger charge is 2.39. The van der Waals surface area contributed by atoms with Gasteiger partial charge in [0.2, 0.25) is 5.91 Å². The molecule has 1 fully saturated rings. The standard InChI is InChI=1S/C30H32FN3O7S/c1-34-25-12-11-22(16-29(35)32-17-19-6-5-7-21(14-19)39-2)41-27(25)18-40-26-13-10-20(15-23(26)30(34)36)33-42(37,38)28-9-4-3-8-24(28)31/h3-10,13-15,22,25,27,33H,11-12,16-18H2,1-2H3,(H,32,35)/t22-,25-,27-/m0/s1. The number of carbonyl (C=O) groups excluding carboxylic acids is 2. The molecule has 0 aromatic heterocycles. The Hall–Kier alpha value is -4.16. The van der Waals surface area contributed by atoms with Gasteiger partial charge in [0.1, 0.15) is 34.9 Å². The number of nitrogens with zero attached hydrogens (tertiary/aromatic N) is 1. The van der Waals surface area contributed by atoms with E-state index in [1.807, 2.05) is 24.3 Å². The molecule has 0 bridgehead atoms. The van der Waals surface area contributed by atoms with E-state index in [-0.39, 0.29) is 54.0 Å². The number of sulfonamides is 1. The van der Waals surface area contributed by atoms with Gasteiger partial charge in [0, 0.05) is 19.3 Å². The highest BCUT2D eigenvalue weighted by Crippen LogP contribution is 2.33. The molecule has 3 aromatic rings. The second kappa shape index (κ2) is 12.4. The normalized spacial score (nSPS) is 20.3. The zero-order valence-electron chi connectivity index (χ0n) is 23.2. The molecule has 0 aliphatic carbocycles. The second-order valence-corrected chi connectivity index (χ2v) is 11.9. The Morgan fingerprint density at radius 3 is 2.69 bits per heavy atom. The quantitative estimate of drug-likeness (QED) is 0.406. The lowest BCUT2D eigenvalue weighted by Gasteiger charge is -2.42. The molecular weight excluding hydrogens is 565 g/mol. The van der Waals surface area contributed by atoms with Gasteiger partial charge in [0.25, 0.3) is 15.9 Å². The molecule has 2 heterocycles. The number of hydrogen-bond donors (Lipinski definition) is 2. The van der Waals surface area contributed by atoms with Crippen molar-refractivity contribution in [2.75, 3.05) is 25.5 Å². The van der Waals surface area contributed by atoms with Gasteiger partial charge in [-0.15, -0.1) is 0 Å². The van der Waals surface area contributed by atoms with Gasteiger partial charge in [0.15, 0.2) is 0 Å². The lowest BCUT2D eigenvalue weighted by molar-refractivity contribution is -0.134. The molecule has 0 spiro atoms. The number of rotatable bonds is 8. The van der Waals surface area contributed by atoms with Crippen molar-refractivity contribution in [3.05, 3.63) is 83.7 Å². The molecule has 5 rings (SSSR count). The molecule has 42 heavy (non-hydrogen) atoms. The van der Waals surface area contributed by atoms with E-state index in [0.717, 1.165) is 17.7 Å². The molecule has 2 amide bonds. The number of fused-ring (bicyclic) bond motifs is 2. The van der Waals surface area contributed by atoms with Gasteiger partial charge in [-0.3, -0.25) is 14.3 Å². The van der Waals surface area contributed by atoms with Crippen LogP contribution in [0.2, 0.25) is 0 Å². The Labute approximate surface area is 243 Å². The molecule has 3 atom stereocenters. The SMILES string of the molecule is COc1cccc(CNC(=O)C[C@@H]2CC[C@H]3[C@H](COc4ccc(NS(=O)(=O)c5ccccc5F)cc4C(=O)N3C)O2)c1. The van der Waals surface area contributed by atoms with Gasteiger partial charge in [-0.2, -0.15) is 0 Å². The number of benzene rings is 3. The van der Waals surface area contributed by atoms with E-state index in [0.29, 0.717) is 25.1 Å². The number of ether oxygens (including phenoxy) is 3. The van der Waals surface area contributed by atoms with Gasteiger partial charge in [-0.05, 0) is 60.9 Å². The van der Waals surface area contributed by atoms with Crippen molar-refractivity contribution in [2.45, 2.75) is 49.0 Å². The van der Waals surface area contributed by atoms with Crippen LogP contribution in [-0.2, 0) is 26.1 Å². The van der Waals surface area contributed by atoms with E-state index in [1.54, 1.807) is 19.1 Å². The average molecular weight is 598 g/mol. The van der Waals surface area contributed by atoms with Crippen LogP contribution >= 0.6 is 0 Å². The Bertz CT molecular complexity index is 1580.